The first-order valence-electron chi connectivity index (χ1n) is 9.38. The molecule has 2 aliphatic carbocycles. The summed E-state index contributed by atoms with van der Waals surface area (Å²) in [7, 11) is 0. The minimum atomic E-state index is -1.18. The molecule has 2 aliphatic rings. The van der Waals surface area contributed by atoms with Crippen molar-refractivity contribution in [3.05, 3.63) is 0 Å². The van der Waals surface area contributed by atoms with Crippen molar-refractivity contribution in [1.82, 2.24) is 0 Å². The second-order valence-corrected chi connectivity index (χ2v) is 7.34. The molecule has 0 aromatic heterocycles. The molecule has 3 unspecified atom stereocenters. The molecule has 2 fully saturated rings. The van der Waals surface area contributed by atoms with E-state index in [0.717, 1.165) is 31.6 Å². The Kier molecular flexibility index (Phi) is 7.33. The van der Waals surface area contributed by atoms with Crippen molar-refractivity contribution in [3.8, 4) is 6.07 Å². The number of carbonyl (C=O) groups excluding carboxylic acids is 1. The summed E-state index contributed by atoms with van der Waals surface area (Å²) in [5.41, 5.74) is 0. The zero-order chi connectivity index (χ0) is 16.7. The summed E-state index contributed by atoms with van der Waals surface area (Å²) in [4.78, 5) is 12.3. The number of alkyl halides is 1. The molecule has 0 aromatic rings. The minimum absolute atomic E-state index is 0.0432. The first-order valence-corrected chi connectivity index (χ1v) is 9.38. The smallest absolute Gasteiger partial charge is 0.309 e. The molecule has 130 valence electrons. The highest BCUT2D eigenvalue weighted by molar-refractivity contribution is 5.72. The van der Waals surface area contributed by atoms with Gasteiger partial charge in [0, 0.05) is 5.92 Å². The number of hydrogen-bond donors (Lipinski definition) is 0. The van der Waals surface area contributed by atoms with Crippen molar-refractivity contribution >= 4 is 5.97 Å². The van der Waals surface area contributed by atoms with Crippen LogP contribution in [0, 0.1) is 29.1 Å². The molecule has 0 amide bonds. The van der Waals surface area contributed by atoms with E-state index in [0.29, 0.717) is 12.8 Å². The molecule has 3 nitrogen and oxygen atoms in total. The van der Waals surface area contributed by atoms with Crippen molar-refractivity contribution in [2.75, 3.05) is 0 Å². The van der Waals surface area contributed by atoms with Crippen molar-refractivity contribution in [2.45, 2.75) is 89.8 Å². The van der Waals surface area contributed by atoms with Gasteiger partial charge in [-0.25, -0.2) is 4.39 Å². The number of unbranched alkanes of at least 4 members (excludes halogenated alkanes) is 2. The van der Waals surface area contributed by atoms with Crippen molar-refractivity contribution in [3.63, 3.8) is 0 Å². The molecule has 3 atom stereocenters. The van der Waals surface area contributed by atoms with Crippen LogP contribution in [0.5, 0.6) is 0 Å². The summed E-state index contributed by atoms with van der Waals surface area (Å²) in [6, 6.07) is 2.12. The van der Waals surface area contributed by atoms with E-state index >= 15 is 0 Å². The van der Waals surface area contributed by atoms with Crippen LogP contribution in [0.15, 0.2) is 0 Å². The number of nitrogens with zero attached hydrogens (tertiary/aromatic N) is 1. The highest BCUT2D eigenvalue weighted by Crippen LogP contribution is 2.34. The van der Waals surface area contributed by atoms with E-state index < -0.39 is 12.3 Å². The monoisotopic (exact) mass is 323 g/mol. The third kappa shape index (κ3) is 5.48. The van der Waals surface area contributed by atoms with Gasteiger partial charge in [-0.05, 0) is 50.9 Å². The Morgan fingerprint density at radius 3 is 2.52 bits per heavy atom. The Labute approximate surface area is 139 Å². The number of carbonyl (C=O) groups is 1. The maximum Gasteiger partial charge on any atom is 0.309 e. The van der Waals surface area contributed by atoms with Crippen molar-refractivity contribution in [2.24, 2.45) is 17.8 Å². The lowest BCUT2D eigenvalue weighted by Crippen LogP contribution is -2.36. The fraction of sp³-hybridized carbons (Fsp3) is 0.895. The Balaban J connectivity index is 1.70. The van der Waals surface area contributed by atoms with Gasteiger partial charge in [0.25, 0.3) is 0 Å². The molecule has 0 aliphatic heterocycles. The highest BCUT2D eigenvalue weighted by atomic mass is 19.1. The van der Waals surface area contributed by atoms with Gasteiger partial charge in [0.1, 0.15) is 12.3 Å². The number of ether oxygens (including phenoxy) is 1. The van der Waals surface area contributed by atoms with Crippen LogP contribution in [0.3, 0.4) is 0 Å². The van der Waals surface area contributed by atoms with Gasteiger partial charge in [-0.2, -0.15) is 5.26 Å². The SMILES string of the molecule is CCCCCC1CCC(C(=O)OC2CCC(C#N)CC2F)CC1. The normalized spacial score (nSPS) is 34.6. The van der Waals surface area contributed by atoms with Crippen LogP contribution >= 0.6 is 0 Å². The predicted molar refractivity (Wildman–Crippen MR) is 87.3 cm³/mol. The van der Waals surface area contributed by atoms with E-state index in [1.807, 2.05) is 0 Å². The number of hydrogen-bond acceptors (Lipinski definition) is 3. The van der Waals surface area contributed by atoms with Crippen LogP contribution in [0.2, 0.25) is 0 Å². The topological polar surface area (TPSA) is 50.1 Å². The largest absolute Gasteiger partial charge is 0.459 e. The molecular formula is C19H30FNO2. The third-order valence-electron chi connectivity index (χ3n) is 5.56. The van der Waals surface area contributed by atoms with E-state index in [9.17, 15) is 9.18 Å². The quantitative estimate of drug-likeness (QED) is 0.513. The molecule has 0 bridgehead atoms. The fourth-order valence-corrected chi connectivity index (χ4v) is 3.95. The van der Waals surface area contributed by atoms with Gasteiger partial charge in [-0.3, -0.25) is 4.79 Å². The van der Waals surface area contributed by atoms with Crippen molar-refractivity contribution in [1.29, 1.82) is 5.26 Å². The van der Waals surface area contributed by atoms with Gasteiger partial charge in [-0.1, -0.05) is 32.6 Å². The summed E-state index contributed by atoms with van der Waals surface area (Å²) in [5.74, 6) is 0.280. The van der Waals surface area contributed by atoms with Gasteiger partial charge in [-0.15, -0.1) is 0 Å². The third-order valence-corrected chi connectivity index (χ3v) is 5.56. The summed E-state index contributed by atoms with van der Waals surface area (Å²) in [5, 5.41) is 8.86. The second kappa shape index (κ2) is 9.25. The molecule has 23 heavy (non-hydrogen) atoms. The number of rotatable bonds is 6. The fourth-order valence-electron chi connectivity index (χ4n) is 3.95. The van der Waals surface area contributed by atoms with Gasteiger partial charge in [0.15, 0.2) is 0 Å². The molecule has 0 saturated heterocycles. The first kappa shape index (κ1) is 18.2. The standard InChI is InChI=1S/C19H30FNO2/c1-2-3-4-5-14-6-9-16(10-7-14)19(22)23-18-11-8-15(13-21)12-17(18)20/h14-18H,2-12H2,1H3. The van der Waals surface area contributed by atoms with E-state index in [1.54, 1.807) is 0 Å². The zero-order valence-corrected chi connectivity index (χ0v) is 14.3. The molecule has 0 N–H and O–H groups in total. The summed E-state index contributed by atoms with van der Waals surface area (Å²) in [6.07, 6.45) is 8.62. The molecule has 0 aromatic carbocycles. The zero-order valence-electron chi connectivity index (χ0n) is 14.3. The summed E-state index contributed by atoms with van der Waals surface area (Å²) in [6.45, 7) is 2.22. The maximum atomic E-state index is 14.0. The van der Waals surface area contributed by atoms with Crippen LogP contribution in [-0.2, 0) is 9.53 Å². The van der Waals surface area contributed by atoms with Crippen LogP contribution in [-0.4, -0.2) is 18.2 Å². The maximum absolute atomic E-state index is 14.0. The van der Waals surface area contributed by atoms with Crippen LogP contribution in [0.4, 0.5) is 4.39 Å². The molecule has 2 rings (SSSR count). The molecule has 0 radical (unpaired) electrons. The lowest BCUT2D eigenvalue weighted by molar-refractivity contribution is -0.161. The van der Waals surface area contributed by atoms with Gasteiger partial charge < -0.3 is 4.74 Å². The van der Waals surface area contributed by atoms with E-state index in [2.05, 4.69) is 13.0 Å². The van der Waals surface area contributed by atoms with Crippen LogP contribution in [0.25, 0.3) is 0 Å². The number of halogens is 1. The Morgan fingerprint density at radius 2 is 1.91 bits per heavy atom. The van der Waals surface area contributed by atoms with Crippen LogP contribution < -0.4 is 0 Å². The number of nitriles is 1. The average molecular weight is 323 g/mol. The first-order chi connectivity index (χ1) is 11.1. The predicted octanol–water partition coefficient (Wildman–Crippen LogP) is 4.95. The Hall–Kier alpha value is -1.11. The van der Waals surface area contributed by atoms with E-state index in [1.165, 1.54) is 25.7 Å². The second-order valence-electron chi connectivity index (χ2n) is 7.34. The molecule has 4 heteroatoms. The lowest BCUT2D eigenvalue weighted by Gasteiger charge is -2.32. The number of esters is 1. The summed E-state index contributed by atoms with van der Waals surface area (Å²) >= 11 is 0. The van der Waals surface area contributed by atoms with Crippen molar-refractivity contribution < 1.29 is 13.9 Å². The van der Waals surface area contributed by atoms with Crippen LogP contribution in [0.1, 0.15) is 77.6 Å². The van der Waals surface area contributed by atoms with Gasteiger partial charge in [0.05, 0.1) is 12.0 Å². The lowest BCUT2D eigenvalue weighted by atomic mass is 9.79. The highest BCUT2D eigenvalue weighted by Gasteiger charge is 2.35. The van der Waals surface area contributed by atoms with Gasteiger partial charge >= 0.3 is 5.97 Å². The minimum Gasteiger partial charge on any atom is -0.459 e. The van der Waals surface area contributed by atoms with E-state index in [4.69, 9.17) is 10.00 Å². The molecule has 0 heterocycles. The Bertz CT molecular complexity index is 412. The summed E-state index contributed by atoms with van der Waals surface area (Å²) < 4.78 is 19.5. The van der Waals surface area contributed by atoms with Gasteiger partial charge in [0.2, 0.25) is 0 Å². The molecular weight excluding hydrogens is 293 g/mol. The molecule has 0 spiro atoms. The Morgan fingerprint density at radius 1 is 1.17 bits per heavy atom. The average Bonchev–Trinajstić information content (AvgIpc) is 2.57. The van der Waals surface area contributed by atoms with E-state index in [-0.39, 0.29) is 24.2 Å². The molecule has 2 saturated carbocycles.